The van der Waals surface area contributed by atoms with E-state index in [0.29, 0.717) is 0 Å². The number of rotatable bonds is 6. The van der Waals surface area contributed by atoms with Gasteiger partial charge in [-0.3, -0.25) is 4.98 Å². The van der Waals surface area contributed by atoms with Crippen molar-refractivity contribution in [2.24, 2.45) is 0 Å². The van der Waals surface area contributed by atoms with E-state index in [1.165, 1.54) is 36.0 Å². The van der Waals surface area contributed by atoms with Crippen LogP contribution in [-0.4, -0.2) is 11.5 Å². The van der Waals surface area contributed by atoms with Crippen LogP contribution in [0.15, 0.2) is 48.8 Å². The molecule has 1 unspecified atom stereocenters. The van der Waals surface area contributed by atoms with Crippen LogP contribution in [0.5, 0.6) is 0 Å². The van der Waals surface area contributed by atoms with E-state index in [4.69, 9.17) is 0 Å². The van der Waals surface area contributed by atoms with Gasteiger partial charge in [0.15, 0.2) is 0 Å². The summed E-state index contributed by atoms with van der Waals surface area (Å²) < 4.78 is 0. The Morgan fingerprint density at radius 3 is 2.29 bits per heavy atom. The van der Waals surface area contributed by atoms with E-state index in [2.05, 4.69) is 53.6 Å². The van der Waals surface area contributed by atoms with Crippen molar-refractivity contribution in [1.29, 1.82) is 0 Å². The van der Waals surface area contributed by atoms with Crippen molar-refractivity contribution < 1.29 is 0 Å². The first kappa shape index (κ1) is 14.3. The number of hydrogen-bond donors (Lipinski definition) is 1. The summed E-state index contributed by atoms with van der Waals surface area (Å²) in [7, 11) is 0. The first-order valence-corrected chi connectivity index (χ1v) is 8.11. The summed E-state index contributed by atoms with van der Waals surface area (Å²) in [5.74, 6) is 0.807. The summed E-state index contributed by atoms with van der Waals surface area (Å²) in [6.07, 6.45) is 9.01. The zero-order valence-corrected chi connectivity index (χ0v) is 12.8. The van der Waals surface area contributed by atoms with Gasteiger partial charge in [0.05, 0.1) is 6.04 Å². The van der Waals surface area contributed by atoms with Gasteiger partial charge in [0, 0.05) is 12.4 Å². The van der Waals surface area contributed by atoms with Crippen molar-refractivity contribution in [2.45, 2.75) is 44.6 Å². The highest BCUT2D eigenvalue weighted by Gasteiger charge is 2.20. The van der Waals surface area contributed by atoms with Crippen LogP contribution in [-0.2, 0) is 0 Å². The number of aromatic nitrogens is 1. The Morgan fingerprint density at radius 2 is 1.71 bits per heavy atom. The van der Waals surface area contributed by atoms with Crippen LogP contribution in [0.3, 0.4) is 0 Å². The fourth-order valence-electron chi connectivity index (χ4n) is 2.97. The summed E-state index contributed by atoms with van der Waals surface area (Å²) in [5.41, 5.74) is 4.14. The number of hydrogen-bond acceptors (Lipinski definition) is 2. The van der Waals surface area contributed by atoms with E-state index in [1.54, 1.807) is 0 Å². The molecule has 0 saturated heterocycles. The minimum absolute atomic E-state index is 0.267. The Bertz CT molecular complexity index is 544. The second-order valence-electron chi connectivity index (χ2n) is 5.96. The highest BCUT2D eigenvalue weighted by molar-refractivity contribution is 5.34. The monoisotopic (exact) mass is 280 g/mol. The zero-order valence-electron chi connectivity index (χ0n) is 12.8. The van der Waals surface area contributed by atoms with Gasteiger partial charge in [-0.25, -0.2) is 0 Å². The maximum Gasteiger partial charge on any atom is 0.0577 e. The molecule has 0 aliphatic heterocycles. The first-order chi connectivity index (χ1) is 10.4. The fraction of sp³-hybridized carbons (Fsp3) is 0.421. The molecule has 2 aromatic rings. The smallest absolute Gasteiger partial charge is 0.0577 e. The quantitative estimate of drug-likeness (QED) is 0.846. The van der Waals surface area contributed by atoms with Crippen molar-refractivity contribution in [2.75, 3.05) is 6.54 Å². The summed E-state index contributed by atoms with van der Waals surface area (Å²) in [4.78, 5) is 4.13. The van der Waals surface area contributed by atoms with E-state index in [-0.39, 0.29) is 6.04 Å². The van der Waals surface area contributed by atoms with Crippen LogP contribution in [0.2, 0.25) is 0 Å². The normalized spacial score (nSPS) is 16.4. The molecule has 1 aliphatic rings. The van der Waals surface area contributed by atoms with E-state index < -0.39 is 0 Å². The Morgan fingerprint density at radius 1 is 1.05 bits per heavy atom. The molecule has 2 nitrogen and oxygen atoms in total. The number of nitrogens with one attached hydrogen (secondary N) is 1. The van der Waals surface area contributed by atoms with Gasteiger partial charge in [0.2, 0.25) is 0 Å². The molecule has 1 fully saturated rings. The van der Waals surface area contributed by atoms with Crippen LogP contribution < -0.4 is 5.32 Å². The maximum atomic E-state index is 4.13. The Balaban J connectivity index is 1.81. The molecule has 1 heterocycles. The SMILES string of the molecule is CCCNC(c1ccncc1)c1ccc(C2CCC2)cc1. The van der Waals surface area contributed by atoms with E-state index in [9.17, 15) is 0 Å². The van der Waals surface area contributed by atoms with Crippen LogP contribution in [0.1, 0.15) is 61.3 Å². The van der Waals surface area contributed by atoms with Crippen molar-refractivity contribution >= 4 is 0 Å². The molecule has 1 aromatic carbocycles. The van der Waals surface area contributed by atoms with Crippen LogP contribution in [0.25, 0.3) is 0 Å². The van der Waals surface area contributed by atoms with Gasteiger partial charge in [0.25, 0.3) is 0 Å². The zero-order chi connectivity index (χ0) is 14.5. The Kier molecular flexibility index (Phi) is 4.66. The summed E-state index contributed by atoms with van der Waals surface area (Å²) in [6.45, 7) is 3.23. The first-order valence-electron chi connectivity index (χ1n) is 8.11. The summed E-state index contributed by atoms with van der Waals surface area (Å²) in [5, 5.41) is 3.65. The molecule has 3 rings (SSSR count). The molecule has 1 N–H and O–H groups in total. The molecule has 0 spiro atoms. The van der Waals surface area contributed by atoms with Crippen molar-refractivity contribution in [3.8, 4) is 0 Å². The molecule has 110 valence electrons. The predicted molar refractivity (Wildman–Crippen MR) is 87.4 cm³/mol. The molecule has 1 aromatic heterocycles. The maximum absolute atomic E-state index is 4.13. The summed E-state index contributed by atoms with van der Waals surface area (Å²) >= 11 is 0. The van der Waals surface area contributed by atoms with E-state index in [0.717, 1.165) is 18.9 Å². The largest absolute Gasteiger partial charge is 0.306 e. The highest BCUT2D eigenvalue weighted by atomic mass is 14.9. The van der Waals surface area contributed by atoms with Gasteiger partial charge in [-0.2, -0.15) is 0 Å². The third-order valence-electron chi connectivity index (χ3n) is 4.48. The van der Waals surface area contributed by atoms with E-state index in [1.807, 2.05) is 12.4 Å². The number of nitrogens with zero attached hydrogens (tertiary/aromatic N) is 1. The molecular formula is C19H24N2. The second-order valence-corrected chi connectivity index (χ2v) is 5.96. The standard InChI is InChI=1S/C19H24N2/c1-2-12-21-19(18-10-13-20-14-11-18)17-8-6-16(7-9-17)15-4-3-5-15/h6-11,13-15,19,21H,2-5,12H2,1H3. The minimum Gasteiger partial charge on any atom is -0.306 e. The van der Waals surface area contributed by atoms with Crippen molar-refractivity contribution in [1.82, 2.24) is 10.3 Å². The lowest BCUT2D eigenvalue weighted by Crippen LogP contribution is -2.23. The highest BCUT2D eigenvalue weighted by Crippen LogP contribution is 2.36. The van der Waals surface area contributed by atoms with Crippen LogP contribution in [0.4, 0.5) is 0 Å². The molecule has 0 radical (unpaired) electrons. The molecule has 1 atom stereocenters. The Hall–Kier alpha value is -1.67. The lowest BCUT2D eigenvalue weighted by molar-refractivity contribution is 0.419. The van der Waals surface area contributed by atoms with Gasteiger partial charge in [-0.1, -0.05) is 37.6 Å². The Labute approximate surface area is 127 Å². The molecule has 0 amide bonds. The third-order valence-corrected chi connectivity index (χ3v) is 4.48. The van der Waals surface area contributed by atoms with Gasteiger partial charge in [-0.15, -0.1) is 0 Å². The number of pyridine rings is 1. The third kappa shape index (κ3) is 3.33. The molecule has 21 heavy (non-hydrogen) atoms. The lowest BCUT2D eigenvalue weighted by Gasteiger charge is -2.26. The second kappa shape index (κ2) is 6.86. The van der Waals surface area contributed by atoms with E-state index >= 15 is 0 Å². The molecule has 1 saturated carbocycles. The molecule has 2 heteroatoms. The topological polar surface area (TPSA) is 24.9 Å². The van der Waals surface area contributed by atoms with Crippen molar-refractivity contribution in [3.63, 3.8) is 0 Å². The number of benzene rings is 1. The molecular weight excluding hydrogens is 256 g/mol. The summed E-state index contributed by atoms with van der Waals surface area (Å²) in [6, 6.07) is 13.7. The van der Waals surface area contributed by atoms with Crippen molar-refractivity contribution in [3.05, 3.63) is 65.5 Å². The van der Waals surface area contributed by atoms with Crippen LogP contribution >= 0.6 is 0 Å². The van der Waals surface area contributed by atoms with Gasteiger partial charge < -0.3 is 5.32 Å². The minimum atomic E-state index is 0.267. The average Bonchev–Trinajstić information content (AvgIpc) is 2.49. The fourth-order valence-corrected chi connectivity index (χ4v) is 2.97. The van der Waals surface area contributed by atoms with Crippen LogP contribution in [0, 0.1) is 0 Å². The molecule has 1 aliphatic carbocycles. The van der Waals surface area contributed by atoms with Gasteiger partial charge in [0.1, 0.15) is 0 Å². The predicted octanol–water partition coefficient (Wildman–Crippen LogP) is 4.44. The van der Waals surface area contributed by atoms with Gasteiger partial charge in [-0.05, 0) is 60.5 Å². The lowest BCUT2D eigenvalue weighted by atomic mass is 9.79. The van der Waals surface area contributed by atoms with Gasteiger partial charge >= 0.3 is 0 Å². The average molecular weight is 280 g/mol. The molecule has 0 bridgehead atoms.